The first-order valence-corrected chi connectivity index (χ1v) is 8.20. The summed E-state index contributed by atoms with van der Waals surface area (Å²) in [6, 6.07) is 4.42. The molecule has 1 aromatic rings. The maximum absolute atomic E-state index is 12.3. The van der Waals surface area contributed by atoms with Gasteiger partial charge in [0.2, 0.25) is 10.0 Å². The molecule has 1 aromatic carbocycles. The van der Waals surface area contributed by atoms with Crippen LogP contribution < -0.4 is 4.31 Å². The first-order valence-electron chi connectivity index (χ1n) is 6.59. The molecule has 20 heavy (non-hydrogen) atoms. The molecule has 6 nitrogen and oxygen atoms in total. The van der Waals surface area contributed by atoms with E-state index in [9.17, 15) is 18.5 Å². The molecule has 1 aliphatic heterocycles. The number of nitro groups is 1. The Labute approximate surface area is 118 Å². The molecule has 0 N–H and O–H groups in total. The lowest BCUT2D eigenvalue weighted by Crippen LogP contribution is -2.31. The van der Waals surface area contributed by atoms with Gasteiger partial charge in [0.25, 0.3) is 5.69 Å². The normalized spacial score (nSPS) is 14.7. The Morgan fingerprint density at radius 2 is 2.10 bits per heavy atom. The van der Waals surface area contributed by atoms with Gasteiger partial charge in [-0.3, -0.25) is 14.4 Å². The summed E-state index contributed by atoms with van der Waals surface area (Å²) in [4.78, 5) is 10.3. The van der Waals surface area contributed by atoms with Crippen LogP contribution >= 0.6 is 0 Å². The summed E-state index contributed by atoms with van der Waals surface area (Å²) in [5.41, 5.74) is 1.24. The summed E-state index contributed by atoms with van der Waals surface area (Å²) in [5.74, 6) is 0.379. The topological polar surface area (TPSA) is 80.5 Å². The van der Waals surface area contributed by atoms with Crippen LogP contribution in [-0.2, 0) is 16.4 Å². The number of fused-ring (bicyclic) bond motifs is 1. The van der Waals surface area contributed by atoms with Gasteiger partial charge in [-0.05, 0) is 24.3 Å². The molecule has 2 rings (SSSR count). The molecule has 0 saturated carbocycles. The van der Waals surface area contributed by atoms with Crippen molar-refractivity contribution in [1.82, 2.24) is 0 Å². The van der Waals surface area contributed by atoms with Gasteiger partial charge in [0, 0.05) is 18.7 Å². The Hall–Kier alpha value is -1.63. The van der Waals surface area contributed by atoms with E-state index in [0.717, 1.165) is 5.56 Å². The van der Waals surface area contributed by atoms with Crippen LogP contribution in [0.1, 0.15) is 25.8 Å². The van der Waals surface area contributed by atoms with Crippen molar-refractivity contribution >= 4 is 21.4 Å². The van der Waals surface area contributed by atoms with Crippen molar-refractivity contribution < 1.29 is 13.3 Å². The zero-order chi connectivity index (χ0) is 14.9. The predicted molar refractivity (Wildman–Crippen MR) is 77.4 cm³/mol. The van der Waals surface area contributed by atoms with E-state index in [4.69, 9.17) is 0 Å². The number of hydrogen-bond acceptors (Lipinski definition) is 4. The van der Waals surface area contributed by atoms with Crippen LogP contribution in [0.5, 0.6) is 0 Å². The lowest BCUT2D eigenvalue weighted by atomic mass is 10.1. The molecule has 0 atom stereocenters. The van der Waals surface area contributed by atoms with Gasteiger partial charge in [0.15, 0.2) is 0 Å². The van der Waals surface area contributed by atoms with Crippen LogP contribution in [0.3, 0.4) is 0 Å². The molecule has 1 aliphatic rings. The summed E-state index contributed by atoms with van der Waals surface area (Å²) >= 11 is 0. The smallest absolute Gasteiger partial charge is 0.269 e. The molecule has 110 valence electrons. The fourth-order valence-electron chi connectivity index (χ4n) is 2.24. The first kappa shape index (κ1) is 14.8. The highest BCUT2D eigenvalue weighted by atomic mass is 32.2. The van der Waals surface area contributed by atoms with E-state index < -0.39 is 14.9 Å². The monoisotopic (exact) mass is 298 g/mol. The molecule has 1 heterocycles. The molecule has 0 aliphatic carbocycles. The highest BCUT2D eigenvalue weighted by Crippen LogP contribution is 2.33. The van der Waals surface area contributed by atoms with Crippen molar-refractivity contribution in [2.75, 3.05) is 16.6 Å². The van der Waals surface area contributed by atoms with E-state index in [-0.39, 0.29) is 11.4 Å². The fraction of sp³-hybridized carbons (Fsp3) is 0.538. The standard InChI is InChI=1S/C13H18N2O4S/c1-10(2)6-8-20(18,19)14-7-5-11-3-4-12(15(16)17)9-13(11)14/h3-4,9-10H,5-8H2,1-2H3. The van der Waals surface area contributed by atoms with Gasteiger partial charge >= 0.3 is 0 Å². The average Bonchev–Trinajstić information content (AvgIpc) is 2.79. The number of sulfonamides is 1. The van der Waals surface area contributed by atoms with E-state index in [1.165, 1.54) is 16.4 Å². The second-order valence-corrected chi connectivity index (χ2v) is 7.40. The Balaban J connectivity index is 2.30. The Morgan fingerprint density at radius 1 is 1.40 bits per heavy atom. The quantitative estimate of drug-likeness (QED) is 0.617. The van der Waals surface area contributed by atoms with E-state index in [1.54, 1.807) is 6.07 Å². The maximum Gasteiger partial charge on any atom is 0.271 e. The summed E-state index contributed by atoms with van der Waals surface area (Å²) in [6.45, 7) is 4.31. The number of hydrogen-bond donors (Lipinski definition) is 0. The highest BCUT2D eigenvalue weighted by Gasteiger charge is 2.30. The van der Waals surface area contributed by atoms with E-state index in [2.05, 4.69) is 0 Å². The van der Waals surface area contributed by atoms with Gasteiger partial charge in [0.1, 0.15) is 0 Å². The summed E-state index contributed by atoms with van der Waals surface area (Å²) in [7, 11) is -3.40. The van der Waals surface area contributed by atoms with Crippen LogP contribution in [0.4, 0.5) is 11.4 Å². The van der Waals surface area contributed by atoms with Crippen LogP contribution in [-0.4, -0.2) is 25.6 Å². The van der Waals surface area contributed by atoms with Gasteiger partial charge in [-0.25, -0.2) is 8.42 Å². The van der Waals surface area contributed by atoms with Crippen molar-refractivity contribution in [1.29, 1.82) is 0 Å². The predicted octanol–water partition coefficient (Wildman–Crippen LogP) is 2.33. The summed E-state index contributed by atoms with van der Waals surface area (Å²) in [5, 5.41) is 10.8. The number of nitrogens with zero attached hydrogens (tertiary/aromatic N) is 2. The Kier molecular flexibility index (Phi) is 3.99. The van der Waals surface area contributed by atoms with Gasteiger partial charge in [-0.2, -0.15) is 0 Å². The molecular formula is C13H18N2O4S. The molecule has 0 unspecified atom stereocenters. The van der Waals surface area contributed by atoms with E-state index in [1.807, 2.05) is 13.8 Å². The van der Waals surface area contributed by atoms with Crippen LogP contribution in [0.2, 0.25) is 0 Å². The Morgan fingerprint density at radius 3 is 2.70 bits per heavy atom. The van der Waals surface area contributed by atoms with Crippen LogP contribution in [0, 0.1) is 16.0 Å². The number of benzene rings is 1. The highest BCUT2D eigenvalue weighted by molar-refractivity contribution is 7.92. The van der Waals surface area contributed by atoms with Crippen molar-refractivity contribution in [2.45, 2.75) is 26.7 Å². The van der Waals surface area contributed by atoms with Crippen LogP contribution in [0.15, 0.2) is 18.2 Å². The second-order valence-electron chi connectivity index (χ2n) is 5.39. The molecule has 0 radical (unpaired) electrons. The SMILES string of the molecule is CC(C)CCS(=O)(=O)N1CCc2ccc([N+](=O)[O-])cc21. The largest absolute Gasteiger partial charge is 0.271 e. The average molecular weight is 298 g/mol. The van der Waals surface area contributed by atoms with Gasteiger partial charge in [0.05, 0.1) is 16.4 Å². The van der Waals surface area contributed by atoms with E-state index >= 15 is 0 Å². The lowest BCUT2D eigenvalue weighted by Gasteiger charge is -2.19. The van der Waals surface area contributed by atoms with Gasteiger partial charge in [-0.1, -0.05) is 19.9 Å². The first-order chi connectivity index (χ1) is 9.31. The van der Waals surface area contributed by atoms with Gasteiger partial charge in [-0.15, -0.1) is 0 Å². The zero-order valence-electron chi connectivity index (χ0n) is 11.6. The fourth-order valence-corrected chi connectivity index (χ4v) is 4.06. The molecule has 0 saturated heterocycles. The maximum atomic E-state index is 12.3. The minimum absolute atomic E-state index is 0.0743. The Bertz CT molecular complexity index is 625. The van der Waals surface area contributed by atoms with Crippen LogP contribution in [0.25, 0.3) is 0 Å². The van der Waals surface area contributed by atoms with E-state index in [0.29, 0.717) is 31.0 Å². The number of anilines is 1. The van der Waals surface area contributed by atoms with Crippen molar-refractivity contribution in [3.63, 3.8) is 0 Å². The molecule has 0 spiro atoms. The van der Waals surface area contributed by atoms with Gasteiger partial charge < -0.3 is 0 Å². The summed E-state index contributed by atoms with van der Waals surface area (Å²) < 4.78 is 26.0. The second kappa shape index (κ2) is 5.40. The van der Waals surface area contributed by atoms with Crippen molar-refractivity contribution in [3.05, 3.63) is 33.9 Å². The van der Waals surface area contributed by atoms with Crippen molar-refractivity contribution in [2.24, 2.45) is 5.92 Å². The minimum atomic E-state index is -3.40. The number of non-ortho nitro benzene ring substituents is 1. The molecule has 7 heteroatoms. The molecule has 0 aromatic heterocycles. The summed E-state index contributed by atoms with van der Waals surface area (Å²) in [6.07, 6.45) is 1.19. The third-order valence-electron chi connectivity index (χ3n) is 3.42. The molecular weight excluding hydrogens is 280 g/mol. The zero-order valence-corrected chi connectivity index (χ0v) is 12.4. The number of rotatable bonds is 5. The molecule has 0 bridgehead atoms. The number of nitro benzene ring substituents is 1. The van der Waals surface area contributed by atoms with Crippen molar-refractivity contribution in [3.8, 4) is 0 Å². The molecule has 0 fully saturated rings. The lowest BCUT2D eigenvalue weighted by molar-refractivity contribution is -0.384. The minimum Gasteiger partial charge on any atom is -0.269 e. The third kappa shape index (κ3) is 2.92. The third-order valence-corrected chi connectivity index (χ3v) is 5.22. The molecule has 0 amide bonds.